The molecule has 2 N–H and O–H groups in total. The smallest absolute Gasteiger partial charge is 0.264 e. The van der Waals surface area contributed by atoms with Crippen LogP contribution in [0.15, 0.2) is 36.4 Å². The minimum atomic E-state index is -2.34. The van der Waals surface area contributed by atoms with E-state index in [1.165, 1.54) is 187 Å². The third-order valence-electron chi connectivity index (χ3n) is 19.2. The van der Waals surface area contributed by atoms with Crippen molar-refractivity contribution in [1.29, 1.82) is 0 Å². The quantitative estimate of drug-likeness (QED) is 0.0156. The Labute approximate surface area is 547 Å². The lowest BCUT2D eigenvalue weighted by Crippen LogP contribution is -2.46. The summed E-state index contributed by atoms with van der Waals surface area (Å²) in [7, 11) is 1.26. The first kappa shape index (κ1) is 76.4. The van der Waals surface area contributed by atoms with Gasteiger partial charge in [-0.1, -0.05) is 257 Å². The van der Waals surface area contributed by atoms with E-state index in [9.17, 15) is 18.0 Å². The summed E-state index contributed by atoms with van der Waals surface area (Å²) >= 11 is 0. The molecule has 1 saturated heterocycles. The van der Waals surface area contributed by atoms with Crippen LogP contribution in [-0.4, -0.2) is 56.7 Å². The summed E-state index contributed by atoms with van der Waals surface area (Å²) in [5, 5.41) is 0. The van der Waals surface area contributed by atoms with Crippen LogP contribution in [0, 0.1) is 56.8 Å². The maximum atomic E-state index is 15.2. The second-order valence-electron chi connectivity index (χ2n) is 26.7. The van der Waals surface area contributed by atoms with Gasteiger partial charge in [0.1, 0.15) is 5.56 Å². The SMILES string of the molecule is CCCCCCCCCCCCCCOc1cc(C(=O)N2CCC(c3cc(C)c(N)c(C)c3)(c3cc(C)c(N(C)C(=O)c4c(F)c(F)c(F)c(F)c4F)c(C)c3)CC2)cc(OCCCCCCCCCCCCCC)c1OCCCCCCCCCCCCCC. The number of carbonyl (C=O) groups excluding carboxylic acids is 2. The van der Waals surface area contributed by atoms with Gasteiger partial charge in [-0.15, -0.1) is 0 Å². The fraction of sp³-hybridized carbons (Fsp3) is 0.667. The third-order valence-corrected chi connectivity index (χ3v) is 19.2. The van der Waals surface area contributed by atoms with Crippen molar-refractivity contribution in [2.75, 3.05) is 50.6 Å². The molecule has 0 aliphatic carbocycles. The van der Waals surface area contributed by atoms with Gasteiger partial charge in [0.2, 0.25) is 11.6 Å². The van der Waals surface area contributed by atoms with Gasteiger partial charge in [-0.25, -0.2) is 22.0 Å². The zero-order chi connectivity index (χ0) is 66.0. The molecule has 0 aromatic heterocycles. The van der Waals surface area contributed by atoms with Crippen molar-refractivity contribution in [2.24, 2.45) is 0 Å². The van der Waals surface area contributed by atoms with E-state index in [0.29, 0.717) is 85.4 Å². The lowest BCUT2D eigenvalue weighted by Gasteiger charge is -2.44. The van der Waals surface area contributed by atoms with Gasteiger partial charge < -0.3 is 29.7 Å². The van der Waals surface area contributed by atoms with E-state index in [1.807, 2.05) is 43.0 Å². The zero-order valence-electron chi connectivity index (χ0n) is 57.8. The number of unbranched alkanes of at least 4 members (excludes halogenated alkanes) is 33. The van der Waals surface area contributed by atoms with Crippen molar-refractivity contribution >= 4 is 23.2 Å². The van der Waals surface area contributed by atoms with Crippen LogP contribution in [-0.2, 0) is 5.41 Å². The van der Waals surface area contributed by atoms with E-state index in [2.05, 4.69) is 32.9 Å². The van der Waals surface area contributed by atoms with Gasteiger partial charge in [-0.3, -0.25) is 9.59 Å². The van der Waals surface area contributed by atoms with Crippen LogP contribution in [0.5, 0.6) is 17.2 Å². The first-order valence-corrected chi connectivity index (χ1v) is 36.2. The van der Waals surface area contributed by atoms with Gasteiger partial charge in [-0.05, 0) is 105 Å². The standard InChI is InChI=1S/C78H118F5N3O5/c1-9-12-15-18-21-24-27-30-33-36-39-42-49-89-65-56-62(57-66(90-50-43-40-37-34-31-28-25-22-19-16-13-10-2)75(65)91-51-44-41-38-35-32-29-26-23-20-17-14-11-3)76(87)86-47-45-78(46-48-86,63-52-58(4)73(84)59(5)53-63)64-54-60(6)74(61(7)55-64)85(8)77(88)67-68(79)70(81)72(83)71(82)69(67)80/h52-57H,9-51,84H2,1-8H3. The molecule has 0 spiro atoms. The molecule has 510 valence electrons. The Morgan fingerprint density at radius 2 is 0.736 bits per heavy atom. The Kier molecular flexibility index (Phi) is 35.3. The molecule has 8 nitrogen and oxygen atoms in total. The van der Waals surface area contributed by atoms with E-state index < -0.39 is 46.0 Å². The number of nitrogen functional groups attached to an aromatic ring is 1. The topological polar surface area (TPSA) is 94.3 Å². The molecule has 4 aromatic rings. The fourth-order valence-electron chi connectivity index (χ4n) is 13.5. The normalized spacial score (nSPS) is 13.1. The zero-order valence-corrected chi connectivity index (χ0v) is 57.8. The lowest BCUT2D eigenvalue weighted by atomic mass is 9.66. The summed E-state index contributed by atoms with van der Waals surface area (Å²) in [6.07, 6.45) is 45.6. The van der Waals surface area contributed by atoms with Crippen LogP contribution in [0.3, 0.4) is 0 Å². The first-order chi connectivity index (χ1) is 44.0. The minimum absolute atomic E-state index is 0.146. The molecular formula is C78H118F5N3O5. The van der Waals surface area contributed by atoms with E-state index >= 15 is 13.6 Å². The van der Waals surface area contributed by atoms with Gasteiger partial charge >= 0.3 is 0 Å². The molecule has 1 aliphatic rings. The fourth-order valence-corrected chi connectivity index (χ4v) is 13.5. The number of rotatable bonds is 47. The van der Waals surface area contributed by atoms with Crippen LogP contribution < -0.4 is 24.8 Å². The van der Waals surface area contributed by atoms with Crippen molar-refractivity contribution in [1.82, 2.24) is 4.90 Å². The highest BCUT2D eigenvalue weighted by atomic mass is 19.2. The molecule has 1 aliphatic heterocycles. The molecule has 0 bridgehead atoms. The van der Waals surface area contributed by atoms with Crippen LogP contribution in [0.1, 0.15) is 319 Å². The minimum Gasteiger partial charge on any atom is -0.490 e. The van der Waals surface area contributed by atoms with Gasteiger partial charge in [0, 0.05) is 42.5 Å². The number of carbonyl (C=O) groups is 2. The van der Waals surface area contributed by atoms with Crippen molar-refractivity contribution in [3.63, 3.8) is 0 Å². The molecule has 5 rings (SSSR count). The second-order valence-corrected chi connectivity index (χ2v) is 26.7. The Morgan fingerprint density at radius 3 is 1.08 bits per heavy atom. The van der Waals surface area contributed by atoms with Gasteiger partial charge in [-0.2, -0.15) is 0 Å². The number of nitrogens with two attached hydrogens (primary N) is 1. The predicted molar refractivity (Wildman–Crippen MR) is 367 cm³/mol. The maximum absolute atomic E-state index is 15.2. The van der Waals surface area contributed by atoms with Crippen LogP contribution in [0.25, 0.3) is 0 Å². The van der Waals surface area contributed by atoms with Crippen LogP contribution in [0.2, 0.25) is 0 Å². The highest BCUT2D eigenvalue weighted by Crippen LogP contribution is 2.47. The summed E-state index contributed by atoms with van der Waals surface area (Å²) in [6, 6.07) is 11.7. The van der Waals surface area contributed by atoms with Crippen molar-refractivity contribution in [3.8, 4) is 17.2 Å². The predicted octanol–water partition coefficient (Wildman–Crippen LogP) is 22.9. The molecular weight excluding hydrogens is 1150 g/mol. The average Bonchev–Trinajstić information content (AvgIpc) is 0.762. The van der Waals surface area contributed by atoms with Crippen molar-refractivity contribution in [2.45, 2.75) is 298 Å². The molecule has 13 heteroatoms. The van der Waals surface area contributed by atoms with Crippen LogP contribution in [0.4, 0.5) is 33.3 Å². The maximum Gasteiger partial charge on any atom is 0.264 e. The number of amides is 2. The Balaban J connectivity index is 1.39. The Bertz CT molecular complexity index is 2670. The number of ether oxygens (including phenoxy) is 3. The number of likely N-dealkylation sites (tertiary alicyclic amines) is 1. The molecule has 1 heterocycles. The van der Waals surface area contributed by atoms with Gasteiger partial charge in [0.25, 0.3) is 11.8 Å². The number of nitrogens with zero attached hydrogens (tertiary/aromatic N) is 2. The van der Waals surface area contributed by atoms with Crippen LogP contribution >= 0.6 is 0 Å². The third kappa shape index (κ3) is 23.9. The highest BCUT2D eigenvalue weighted by Gasteiger charge is 2.41. The number of piperidine rings is 1. The van der Waals surface area contributed by atoms with E-state index in [1.54, 1.807) is 13.8 Å². The van der Waals surface area contributed by atoms with E-state index in [0.717, 1.165) is 78.5 Å². The summed E-state index contributed by atoms with van der Waals surface area (Å²) in [5.41, 5.74) is 10.5. The largest absolute Gasteiger partial charge is 0.490 e. The summed E-state index contributed by atoms with van der Waals surface area (Å²) in [4.78, 5) is 31.8. The Morgan fingerprint density at radius 1 is 0.440 bits per heavy atom. The Hall–Kier alpha value is -5.33. The number of halogens is 5. The van der Waals surface area contributed by atoms with Crippen molar-refractivity contribution in [3.05, 3.63) is 110 Å². The molecule has 0 atom stereocenters. The number of hydrogen-bond donors (Lipinski definition) is 1. The monoisotopic (exact) mass is 1270 g/mol. The molecule has 0 radical (unpaired) electrons. The molecule has 1 fully saturated rings. The van der Waals surface area contributed by atoms with Gasteiger partial charge in [0.15, 0.2) is 34.8 Å². The van der Waals surface area contributed by atoms with E-state index in [4.69, 9.17) is 19.9 Å². The molecule has 0 saturated carbocycles. The number of aryl methyl sites for hydroxylation is 4. The first-order valence-electron chi connectivity index (χ1n) is 36.2. The lowest BCUT2D eigenvalue weighted by molar-refractivity contribution is 0.0684. The molecule has 2 amide bonds. The number of benzene rings is 4. The molecule has 91 heavy (non-hydrogen) atoms. The van der Waals surface area contributed by atoms with Crippen molar-refractivity contribution < 1.29 is 45.8 Å². The second kappa shape index (κ2) is 42.1. The highest BCUT2D eigenvalue weighted by molar-refractivity contribution is 6.07. The number of anilines is 2. The summed E-state index contributed by atoms with van der Waals surface area (Å²) in [6.45, 7) is 16.5. The molecule has 0 unspecified atom stereocenters. The number of hydrogen-bond acceptors (Lipinski definition) is 6. The van der Waals surface area contributed by atoms with E-state index in [-0.39, 0.29) is 11.6 Å². The summed E-state index contributed by atoms with van der Waals surface area (Å²) in [5.74, 6) is -11.0. The molecule has 4 aromatic carbocycles. The summed E-state index contributed by atoms with van der Waals surface area (Å²) < 4.78 is 93.1. The average molecular weight is 1270 g/mol. The van der Waals surface area contributed by atoms with Gasteiger partial charge in [0.05, 0.1) is 19.8 Å².